The van der Waals surface area contributed by atoms with Crippen LogP contribution in [0.4, 0.5) is 0 Å². The molecule has 0 spiro atoms. The number of benzene rings is 1. The van der Waals surface area contributed by atoms with Crippen LogP contribution in [0.3, 0.4) is 0 Å². The highest BCUT2D eigenvalue weighted by Gasteiger charge is 2.34. The molecule has 0 saturated carbocycles. The van der Waals surface area contributed by atoms with E-state index in [0.717, 1.165) is 31.1 Å². The van der Waals surface area contributed by atoms with E-state index in [-0.39, 0.29) is 17.7 Å². The van der Waals surface area contributed by atoms with E-state index in [1.807, 2.05) is 30.3 Å². The molecule has 2 fully saturated rings. The molecule has 2 atom stereocenters. The highest BCUT2D eigenvalue weighted by molar-refractivity contribution is 5.89. The lowest BCUT2D eigenvalue weighted by atomic mass is 10.0. The van der Waals surface area contributed by atoms with Crippen molar-refractivity contribution >= 4 is 11.8 Å². The first kappa shape index (κ1) is 17.9. The van der Waals surface area contributed by atoms with Gasteiger partial charge in [0.25, 0.3) is 0 Å². The molecule has 25 heavy (non-hydrogen) atoms. The Kier molecular flexibility index (Phi) is 6.08. The Morgan fingerprint density at radius 2 is 2.04 bits per heavy atom. The monoisotopic (exact) mass is 343 g/mol. The van der Waals surface area contributed by atoms with Crippen LogP contribution in [-0.2, 0) is 16.1 Å². The van der Waals surface area contributed by atoms with Crippen LogP contribution in [0.5, 0.6) is 0 Å². The fraction of sp³-hybridized carbons (Fsp3) is 0.600. The second kappa shape index (κ2) is 8.48. The van der Waals surface area contributed by atoms with E-state index in [4.69, 9.17) is 0 Å². The van der Waals surface area contributed by atoms with Crippen LogP contribution >= 0.6 is 0 Å². The average molecular weight is 343 g/mol. The molecule has 2 aliphatic rings. The molecule has 0 aliphatic carbocycles. The van der Waals surface area contributed by atoms with E-state index in [1.54, 1.807) is 4.90 Å². The maximum atomic E-state index is 12.4. The third kappa shape index (κ3) is 5.05. The van der Waals surface area contributed by atoms with E-state index in [9.17, 15) is 9.59 Å². The number of piperidine rings is 1. The molecule has 2 amide bonds. The smallest absolute Gasteiger partial charge is 0.225 e. The Labute approximate surface area is 150 Å². The van der Waals surface area contributed by atoms with Gasteiger partial charge in [0.1, 0.15) is 0 Å². The van der Waals surface area contributed by atoms with Crippen LogP contribution in [0.2, 0.25) is 0 Å². The molecule has 136 valence electrons. The third-order valence-corrected chi connectivity index (χ3v) is 5.27. The summed E-state index contributed by atoms with van der Waals surface area (Å²) in [5.41, 5.74) is 1.11. The summed E-state index contributed by atoms with van der Waals surface area (Å²) >= 11 is 0. The Morgan fingerprint density at radius 3 is 2.80 bits per heavy atom. The highest BCUT2D eigenvalue weighted by atomic mass is 16.2. The number of amides is 2. The lowest BCUT2D eigenvalue weighted by molar-refractivity contribution is -0.129. The first-order valence-electron chi connectivity index (χ1n) is 9.43. The predicted octanol–water partition coefficient (Wildman–Crippen LogP) is 1.88. The number of nitrogens with zero attached hydrogens (tertiary/aromatic N) is 2. The van der Waals surface area contributed by atoms with Crippen molar-refractivity contribution in [1.29, 1.82) is 0 Å². The zero-order chi connectivity index (χ0) is 17.6. The molecule has 1 N–H and O–H groups in total. The molecule has 2 heterocycles. The normalized spacial score (nSPS) is 24.5. The molecule has 0 aromatic heterocycles. The van der Waals surface area contributed by atoms with Gasteiger partial charge in [-0.15, -0.1) is 0 Å². The van der Waals surface area contributed by atoms with Crippen LogP contribution in [0, 0.1) is 11.8 Å². The summed E-state index contributed by atoms with van der Waals surface area (Å²) in [5.74, 6) is 0.641. The summed E-state index contributed by atoms with van der Waals surface area (Å²) in [6.07, 6.45) is 2.89. The van der Waals surface area contributed by atoms with Crippen LogP contribution < -0.4 is 5.32 Å². The number of carbonyl (C=O) groups excluding carboxylic acids is 2. The molecule has 0 bridgehead atoms. The molecule has 2 saturated heterocycles. The van der Waals surface area contributed by atoms with Gasteiger partial charge in [-0.1, -0.05) is 37.3 Å². The molecule has 5 nitrogen and oxygen atoms in total. The zero-order valence-corrected chi connectivity index (χ0v) is 15.1. The van der Waals surface area contributed by atoms with Crippen molar-refractivity contribution in [2.45, 2.75) is 32.7 Å². The van der Waals surface area contributed by atoms with Crippen molar-refractivity contribution in [2.24, 2.45) is 11.8 Å². The van der Waals surface area contributed by atoms with Crippen molar-refractivity contribution in [3.63, 3.8) is 0 Å². The second-order valence-corrected chi connectivity index (χ2v) is 7.50. The van der Waals surface area contributed by atoms with Gasteiger partial charge in [0, 0.05) is 39.1 Å². The Morgan fingerprint density at radius 1 is 1.24 bits per heavy atom. The van der Waals surface area contributed by atoms with Crippen molar-refractivity contribution in [3.05, 3.63) is 35.9 Å². The maximum Gasteiger partial charge on any atom is 0.225 e. The standard InChI is InChI=1S/C20H29N3O2/c1-16-6-5-10-22(13-16)11-9-21-20(25)18-12-19(24)23(15-18)14-17-7-3-2-4-8-17/h2-4,7-8,16,18H,5-6,9-15H2,1H3,(H,21,25)/t16-,18+/m0/s1. The minimum atomic E-state index is -0.212. The predicted molar refractivity (Wildman–Crippen MR) is 97.8 cm³/mol. The van der Waals surface area contributed by atoms with Gasteiger partial charge in [0.2, 0.25) is 11.8 Å². The molecule has 1 aromatic rings. The van der Waals surface area contributed by atoms with Gasteiger partial charge < -0.3 is 15.1 Å². The first-order chi connectivity index (χ1) is 12.1. The van der Waals surface area contributed by atoms with Gasteiger partial charge in [-0.25, -0.2) is 0 Å². The number of carbonyl (C=O) groups is 2. The first-order valence-corrected chi connectivity index (χ1v) is 9.43. The summed E-state index contributed by atoms with van der Waals surface area (Å²) < 4.78 is 0. The third-order valence-electron chi connectivity index (χ3n) is 5.27. The summed E-state index contributed by atoms with van der Waals surface area (Å²) in [7, 11) is 0. The van der Waals surface area contributed by atoms with Crippen molar-refractivity contribution < 1.29 is 9.59 Å². The largest absolute Gasteiger partial charge is 0.355 e. The molecule has 1 aromatic carbocycles. The van der Waals surface area contributed by atoms with Crippen LogP contribution in [-0.4, -0.2) is 54.3 Å². The van der Waals surface area contributed by atoms with Gasteiger partial charge in [-0.2, -0.15) is 0 Å². The summed E-state index contributed by atoms with van der Waals surface area (Å²) in [6.45, 7) is 7.25. The molecule has 0 radical (unpaired) electrons. The number of hydrogen-bond acceptors (Lipinski definition) is 3. The summed E-state index contributed by atoms with van der Waals surface area (Å²) in [4.78, 5) is 28.8. The van der Waals surface area contributed by atoms with Gasteiger partial charge in [0.05, 0.1) is 5.92 Å². The van der Waals surface area contributed by atoms with Gasteiger partial charge >= 0.3 is 0 Å². The van der Waals surface area contributed by atoms with E-state index in [2.05, 4.69) is 17.1 Å². The summed E-state index contributed by atoms with van der Waals surface area (Å²) in [6, 6.07) is 9.94. The van der Waals surface area contributed by atoms with Crippen molar-refractivity contribution in [2.75, 3.05) is 32.7 Å². The number of likely N-dealkylation sites (tertiary alicyclic amines) is 2. The SMILES string of the molecule is C[C@H]1CCCN(CCNC(=O)[C@@H]2CC(=O)N(Cc3ccccc3)C2)C1. The zero-order valence-electron chi connectivity index (χ0n) is 15.1. The minimum Gasteiger partial charge on any atom is -0.355 e. The lowest BCUT2D eigenvalue weighted by Gasteiger charge is -2.30. The summed E-state index contributed by atoms with van der Waals surface area (Å²) in [5, 5.41) is 3.03. The quantitative estimate of drug-likeness (QED) is 0.858. The van der Waals surface area contributed by atoms with E-state index in [0.29, 0.717) is 26.1 Å². The highest BCUT2D eigenvalue weighted by Crippen LogP contribution is 2.20. The van der Waals surface area contributed by atoms with Crippen LogP contribution in [0.1, 0.15) is 31.7 Å². The van der Waals surface area contributed by atoms with Gasteiger partial charge in [0.15, 0.2) is 0 Å². The fourth-order valence-corrected chi connectivity index (χ4v) is 3.88. The molecule has 3 rings (SSSR count). The second-order valence-electron chi connectivity index (χ2n) is 7.50. The minimum absolute atomic E-state index is 0.0222. The van der Waals surface area contributed by atoms with Gasteiger partial charge in [-0.3, -0.25) is 9.59 Å². The van der Waals surface area contributed by atoms with Crippen molar-refractivity contribution in [3.8, 4) is 0 Å². The Balaban J connectivity index is 1.41. The van der Waals surface area contributed by atoms with E-state index < -0.39 is 0 Å². The van der Waals surface area contributed by atoms with Crippen molar-refractivity contribution in [1.82, 2.24) is 15.1 Å². The lowest BCUT2D eigenvalue weighted by Crippen LogP contribution is -2.41. The maximum absolute atomic E-state index is 12.4. The molecule has 5 heteroatoms. The topological polar surface area (TPSA) is 52.7 Å². The average Bonchev–Trinajstić information content (AvgIpc) is 2.97. The number of hydrogen-bond donors (Lipinski definition) is 1. The molecule has 0 unspecified atom stereocenters. The fourth-order valence-electron chi connectivity index (χ4n) is 3.88. The van der Waals surface area contributed by atoms with Crippen LogP contribution in [0.15, 0.2) is 30.3 Å². The number of rotatable bonds is 6. The van der Waals surface area contributed by atoms with Crippen LogP contribution in [0.25, 0.3) is 0 Å². The number of nitrogens with one attached hydrogen (secondary N) is 1. The van der Waals surface area contributed by atoms with E-state index >= 15 is 0 Å². The molecular formula is C20H29N3O2. The molecule has 2 aliphatic heterocycles. The molecular weight excluding hydrogens is 314 g/mol. The Bertz CT molecular complexity index is 590. The Hall–Kier alpha value is -1.88. The van der Waals surface area contributed by atoms with E-state index in [1.165, 1.54) is 12.8 Å². The van der Waals surface area contributed by atoms with Gasteiger partial charge in [-0.05, 0) is 30.9 Å².